The Morgan fingerprint density at radius 2 is 1.96 bits per heavy atom. The summed E-state index contributed by atoms with van der Waals surface area (Å²) < 4.78 is 7.00. The minimum absolute atomic E-state index is 0.208. The molecule has 0 aliphatic heterocycles. The first-order chi connectivity index (χ1) is 13.0. The monoisotopic (exact) mass is 397 g/mol. The van der Waals surface area contributed by atoms with Gasteiger partial charge in [-0.1, -0.05) is 17.7 Å². The quantitative estimate of drug-likeness (QED) is 0.513. The summed E-state index contributed by atoms with van der Waals surface area (Å²) in [6, 6.07) is 15.0. The smallest absolute Gasteiger partial charge is 0.274 e. The highest BCUT2D eigenvalue weighted by atomic mass is 35.5. The number of amides is 1. The Kier molecular flexibility index (Phi) is 4.59. The Hall–Kier alpha value is -2.83. The Morgan fingerprint density at radius 1 is 1.19 bits per heavy atom. The number of aromatic nitrogens is 2. The van der Waals surface area contributed by atoms with E-state index in [1.807, 2.05) is 65.5 Å². The molecular weight excluding hydrogens is 382 g/mol. The molecule has 0 bridgehead atoms. The first kappa shape index (κ1) is 17.6. The van der Waals surface area contributed by atoms with Crippen molar-refractivity contribution in [3.05, 3.63) is 64.6 Å². The first-order valence-electron chi connectivity index (χ1n) is 8.21. The van der Waals surface area contributed by atoms with Crippen LogP contribution < -0.4 is 10.1 Å². The number of rotatable bonds is 4. The van der Waals surface area contributed by atoms with Gasteiger partial charge in [-0.3, -0.25) is 10.1 Å². The van der Waals surface area contributed by atoms with Crippen LogP contribution in [0.1, 0.15) is 10.5 Å². The topological polar surface area (TPSA) is 56.1 Å². The second-order valence-corrected chi connectivity index (χ2v) is 7.31. The maximum absolute atomic E-state index is 12.7. The number of carbonyl (C=O) groups excluding carboxylic acids is 1. The van der Waals surface area contributed by atoms with E-state index in [-0.39, 0.29) is 5.91 Å². The van der Waals surface area contributed by atoms with Gasteiger partial charge in [-0.15, -0.1) is 11.3 Å². The minimum Gasteiger partial charge on any atom is -0.497 e. The van der Waals surface area contributed by atoms with Crippen LogP contribution in [0.25, 0.3) is 22.2 Å². The number of benzene rings is 2. The molecule has 27 heavy (non-hydrogen) atoms. The molecular formula is C20H16ClN3O2S. The molecule has 0 aliphatic carbocycles. The van der Waals surface area contributed by atoms with E-state index >= 15 is 0 Å². The molecule has 0 radical (unpaired) electrons. The second-order valence-electron chi connectivity index (χ2n) is 6.01. The lowest BCUT2D eigenvalue weighted by Gasteiger charge is -2.04. The van der Waals surface area contributed by atoms with Gasteiger partial charge in [-0.25, -0.2) is 4.98 Å². The van der Waals surface area contributed by atoms with Crippen molar-refractivity contribution in [3.8, 4) is 17.0 Å². The molecule has 4 rings (SSSR count). The van der Waals surface area contributed by atoms with Crippen LogP contribution in [0.4, 0.5) is 5.13 Å². The van der Waals surface area contributed by atoms with Crippen LogP contribution in [-0.2, 0) is 7.05 Å². The third kappa shape index (κ3) is 3.41. The lowest BCUT2D eigenvalue weighted by molar-refractivity contribution is 0.101. The molecule has 7 heteroatoms. The summed E-state index contributed by atoms with van der Waals surface area (Å²) in [7, 11) is 3.48. The Labute approximate surface area is 165 Å². The number of thiazole rings is 1. The van der Waals surface area contributed by atoms with Crippen molar-refractivity contribution in [2.24, 2.45) is 7.05 Å². The van der Waals surface area contributed by atoms with Crippen LogP contribution in [0.2, 0.25) is 5.02 Å². The van der Waals surface area contributed by atoms with E-state index in [2.05, 4.69) is 10.3 Å². The molecule has 1 amide bonds. The molecule has 0 saturated carbocycles. The normalized spacial score (nSPS) is 10.9. The maximum atomic E-state index is 12.7. The summed E-state index contributed by atoms with van der Waals surface area (Å²) in [5.41, 5.74) is 3.23. The van der Waals surface area contributed by atoms with Gasteiger partial charge in [-0.05, 0) is 42.5 Å². The molecule has 0 saturated heterocycles. The number of nitrogens with one attached hydrogen (secondary N) is 1. The van der Waals surface area contributed by atoms with Gasteiger partial charge in [0.2, 0.25) is 0 Å². The Bertz CT molecular complexity index is 1130. The fourth-order valence-corrected chi connectivity index (χ4v) is 3.79. The van der Waals surface area contributed by atoms with E-state index in [1.54, 1.807) is 7.11 Å². The van der Waals surface area contributed by atoms with Crippen LogP contribution >= 0.6 is 22.9 Å². The lowest BCUT2D eigenvalue weighted by Crippen LogP contribution is -2.15. The number of hydrogen-bond donors (Lipinski definition) is 1. The van der Waals surface area contributed by atoms with Crippen LogP contribution in [0.15, 0.2) is 53.9 Å². The van der Waals surface area contributed by atoms with Crippen molar-refractivity contribution in [1.82, 2.24) is 9.55 Å². The summed E-state index contributed by atoms with van der Waals surface area (Å²) in [4.78, 5) is 17.2. The molecule has 0 spiro atoms. The van der Waals surface area contributed by atoms with E-state index in [4.69, 9.17) is 16.3 Å². The number of nitrogens with zero attached hydrogens (tertiary/aromatic N) is 2. The predicted molar refractivity (Wildman–Crippen MR) is 110 cm³/mol. The van der Waals surface area contributed by atoms with Gasteiger partial charge in [0.25, 0.3) is 5.91 Å². The molecule has 0 atom stereocenters. The number of halogens is 1. The van der Waals surface area contributed by atoms with Crippen LogP contribution in [0.5, 0.6) is 5.75 Å². The van der Waals surface area contributed by atoms with Crippen molar-refractivity contribution < 1.29 is 9.53 Å². The van der Waals surface area contributed by atoms with Crippen LogP contribution in [-0.4, -0.2) is 22.6 Å². The van der Waals surface area contributed by atoms with Gasteiger partial charge < -0.3 is 9.30 Å². The lowest BCUT2D eigenvalue weighted by atomic mass is 10.2. The summed E-state index contributed by atoms with van der Waals surface area (Å²) in [5.74, 6) is 0.582. The zero-order valence-electron chi connectivity index (χ0n) is 14.7. The first-order valence-corrected chi connectivity index (χ1v) is 9.47. The molecule has 0 unspecified atom stereocenters. The number of anilines is 1. The molecule has 136 valence electrons. The highest BCUT2D eigenvalue weighted by Crippen LogP contribution is 2.28. The SMILES string of the molecule is COc1ccc(-c2csc(NC(=O)c3cc4ccc(Cl)cc4n3C)n2)cc1. The Balaban J connectivity index is 1.57. The zero-order chi connectivity index (χ0) is 19.0. The summed E-state index contributed by atoms with van der Waals surface area (Å²) >= 11 is 7.45. The molecule has 1 N–H and O–H groups in total. The van der Waals surface area contributed by atoms with E-state index in [0.717, 1.165) is 27.9 Å². The predicted octanol–water partition coefficient (Wildman–Crippen LogP) is 5.22. The highest BCUT2D eigenvalue weighted by molar-refractivity contribution is 7.14. The number of carbonyl (C=O) groups is 1. The molecule has 2 aromatic heterocycles. The van der Waals surface area contributed by atoms with Crippen molar-refractivity contribution in [2.45, 2.75) is 0 Å². The minimum atomic E-state index is -0.208. The zero-order valence-corrected chi connectivity index (χ0v) is 16.3. The molecule has 2 heterocycles. The maximum Gasteiger partial charge on any atom is 0.274 e. The van der Waals surface area contributed by atoms with Crippen molar-refractivity contribution in [3.63, 3.8) is 0 Å². The largest absolute Gasteiger partial charge is 0.497 e. The Morgan fingerprint density at radius 3 is 2.70 bits per heavy atom. The van der Waals surface area contributed by atoms with Gasteiger partial charge in [0, 0.05) is 33.9 Å². The second kappa shape index (κ2) is 7.06. The molecule has 2 aromatic carbocycles. The molecule has 0 fully saturated rings. The van der Waals surface area contributed by atoms with Crippen LogP contribution in [0, 0.1) is 0 Å². The number of fused-ring (bicyclic) bond motifs is 1. The number of methoxy groups -OCH3 is 1. The summed E-state index contributed by atoms with van der Waals surface area (Å²) in [6.45, 7) is 0. The summed E-state index contributed by atoms with van der Waals surface area (Å²) in [5, 5.41) is 6.94. The fourth-order valence-electron chi connectivity index (χ4n) is 2.91. The average Bonchev–Trinajstić information content (AvgIpc) is 3.27. The third-order valence-electron chi connectivity index (χ3n) is 4.35. The molecule has 5 nitrogen and oxygen atoms in total. The van der Waals surface area contributed by atoms with Gasteiger partial charge in [0.15, 0.2) is 5.13 Å². The van der Waals surface area contributed by atoms with Crippen molar-refractivity contribution in [1.29, 1.82) is 0 Å². The van der Waals surface area contributed by atoms with Crippen molar-refractivity contribution >= 4 is 44.9 Å². The van der Waals surface area contributed by atoms with Crippen molar-refractivity contribution in [2.75, 3.05) is 12.4 Å². The third-order valence-corrected chi connectivity index (χ3v) is 5.34. The highest BCUT2D eigenvalue weighted by Gasteiger charge is 2.15. The van der Waals surface area contributed by atoms with Gasteiger partial charge in [0.1, 0.15) is 11.4 Å². The fraction of sp³-hybridized carbons (Fsp3) is 0.100. The van der Waals surface area contributed by atoms with Crippen LogP contribution in [0.3, 0.4) is 0 Å². The average molecular weight is 398 g/mol. The molecule has 0 aliphatic rings. The number of aryl methyl sites for hydroxylation is 1. The van der Waals surface area contributed by atoms with E-state index in [1.165, 1.54) is 11.3 Å². The summed E-state index contributed by atoms with van der Waals surface area (Å²) in [6.07, 6.45) is 0. The van der Waals surface area contributed by atoms with Gasteiger partial charge in [0.05, 0.1) is 12.8 Å². The standard InChI is InChI=1S/C20H16ClN3O2S/c1-24-17-10-14(21)6-3-13(17)9-18(24)19(25)23-20-22-16(11-27-20)12-4-7-15(26-2)8-5-12/h3-11H,1-2H3,(H,22,23,25). The molecule has 4 aromatic rings. The van der Waals surface area contributed by atoms with Gasteiger partial charge >= 0.3 is 0 Å². The van der Waals surface area contributed by atoms with E-state index in [9.17, 15) is 4.79 Å². The number of hydrogen-bond acceptors (Lipinski definition) is 4. The number of ether oxygens (including phenoxy) is 1. The van der Waals surface area contributed by atoms with E-state index < -0.39 is 0 Å². The van der Waals surface area contributed by atoms with Gasteiger partial charge in [-0.2, -0.15) is 0 Å². The van der Waals surface area contributed by atoms with E-state index in [0.29, 0.717) is 15.8 Å².